The fourth-order valence-electron chi connectivity index (χ4n) is 2.64. The van der Waals surface area contributed by atoms with E-state index in [4.69, 9.17) is 4.74 Å². The molecule has 1 aromatic carbocycles. The van der Waals surface area contributed by atoms with Crippen LogP contribution < -0.4 is 10.1 Å². The Morgan fingerprint density at radius 3 is 2.94 bits per heavy atom. The van der Waals surface area contributed by atoms with E-state index < -0.39 is 0 Å². The van der Waals surface area contributed by atoms with E-state index in [9.17, 15) is 0 Å². The highest BCUT2D eigenvalue weighted by molar-refractivity contribution is 5.33. The number of benzene rings is 1. The van der Waals surface area contributed by atoms with Crippen molar-refractivity contribution in [1.29, 1.82) is 0 Å². The van der Waals surface area contributed by atoms with Gasteiger partial charge in [-0.05, 0) is 55.8 Å². The Bertz CT molecular complexity index is 364. The van der Waals surface area contributed by atoms with Crippen molar-refractivity contribution in [2.45, 2.75) is 33.1 Å². The molecule has 0 saturated carbocycles. The van der Waals surface area contributed by atoms with Gasteiger partial charge >= 0.3 is 0 Å². The highest BCUT2D eigenvalue weighted by Gasteiger charge is 2.22. The molecule has 2 nitrogen and oxygen atoms in total. The van der Waals surface area contributed by atoms with Crippen molar-refractivity contribution in [1.82, 2.24) is 5.32 Å². The summed E-state index contributed by atoms with van der Waals surface area (Å²) < 4.78 is 5.84. The molecule has 1 heterocycles. The van der Waals surface area contributed by atoms with Crippen molar-refractivity contribution >= 4 is 0 Å². The Morgan fingerprint density at radius 1 is 1.33 bits per heavy atom. The first-order valence-electron chi connectivity index (χ1n) is 7.22. The van der Waals surface area contributed by atoms with Gasteiger partial charge in [0.2, 0.25) is 0 Å². The zero-order valence-electron chi connectivity index (χ0n) is 11.6. The van der Waals surface area contributed by atoms with Crippen LogP contribution in [0.4, 0.5) is 0 Å². The fourth-order valence-corrected chi connectivity index (χ4v) is 2.64. The molecule has 1 aliphatic rings. The summed E-state index contributed by atoms with van der Waals surface area (Å²) in [5, 5.41) is 3.51. The van der Waals surface area contributed by atoms with Crippen molar-refractivity contribution in [2.24, 2.45) is 11.8 Å². The summed E-state index contributed by atoms with van der Waals surface area (Å²) in [6.45, 7) is 7.65. The molecule has 1 fully saturated rings. The molecule has 2 atom stereocenters. The molecule has 0 aliphatic carbocycles. The van der Waals surface area contributed by atoms with Gasteiger partial charge in [0.15, 0.2) is 0 Å². The van der Waals surface area contributed by atoms with Gasteiger partial charge in [-0.1, -0.05) is 32.0 Å². The molecule has 0 spiro atoms. The third kappa shape index (κ3) is 3.49. The van der Waals surface area contributed by atoms with Gasteiger partial charge in [-0.3, -0.25) is 0 Å². The quantitative estimate of drug-likeness (QED) is 0.862. The molecule has 1 saturated heterocycles. The third-order valence-corrected chi connectivity index (χ3v) is 3.90. The van der Waals surface area contributed by atoms with Crippen LogP contribution in [0.3, 0.4) is 0 Å². The number of ether oxygens (including phenoxy) is 1. The van der Waals surface area contributed by atoms with E-state index in [-0.39, 0.29) is 0 Å². The Hall–Kier alpha value is -1.02. The Labute approximate surface area is 111 Å². The largest absolute Gasteiger partial charge is 0.493 e. The van der Waals surface area contributed by atoms with E-state index in [2.05, 4.69) is 43.4 Å². The smallest absolute Gasteiger partial charge is 0.122 e. The fraction of sp³-hybridized carbons (Fsp3) is 0.625. The SMILES string of the molecule is CCCOc1ccccc1CC1CNCCC1C. The number of hydrogen-bond donors (Lipinski definition) is 1. The van der Waals surface area contributed by atoms with Crippen LogP contribution in [-0.2, 0) is 6.42 Å². The Kier molecular flexibility index (Phi) is 5.06. The van der Waals surface area contributed by atoms with Gasteiger partial charge in [0.25, 0.3) is 0 Å². The molecule has 1 aliphatic heterocycles. The van der Waals surface area contributed by atoms with E-state index in [0.29, 0.717) is 0 Å². The molecule has 0 aromatic heterocycles. The van der Waals surface area contributed by atoms with E-state index in [1.165, 1.54) is 18.5 Å². The molecule has 0 radical (unpaired) electrons. The number of nitrogens with one attached hydrogen (secondary N) is 1. The van der Waals surface area contributed by atoms with Crippen LogP contribution in [0.5, 0.6) is 5.75 Å². The van der Waals surface area contributed by atoms with Gasteiger partial charge in [-0.2, -0.15) is 0 Å². The minimum Gasteiger partial charge on any atom is -0.493 e. The van der Waals surface area contributed by atoms with Gasteiger partial charge in [-0.25, -0.2) is 0 Å². The van der Waals surface area contributed by atoms with Crippen molar-refractivity contribution in [3.63, 3.8) is 0 Å². The maximum absolute atomic E-state index is 5.84. The van der Waals surface area contributed by atoms with E-state index >= 15 is 0 Å². The normalized spacial score (nSPS) is 23.9. The molecule has 0 amide bonds. The lowest BCUT2D eigenvalue weighted by Crippen LogP contribution is -2.36. The summed E-state index contributed by atoms with van der Waals surface area (Å²) in [6, 6.07) is 8.50. The minimum atomic E-state index is 0.741. The zero-order valence-corrected chi connectivity index (χ0v) is 11.6. The first kappa shape index (κ1) is 13.4. The summed E-state index contributed by atoms with van der Waals surface area (Å²) in [4.78, 5) is 0. The second-order valence-corrected chi connectivity index (χ2v) is 5.39. The average Bonchev–Trinajstić information content (AvgIpc) is 2.40. The Morgan fingerprint density at radius 2 is 2.17 bits per heavy atom. The summed E-state index contributed by atoms with van der Waals surface area (Å²) in [7, 11) is 0. The van der Waals surface area contributed by atoms with E-state index in [1.54, 1.807) is 0 Å². The molecule has 2 heteroatoms. The van der Waals surface area contributed by atoms with Gasteiger partial charge in [-0.15, -0.1) is 0 Å². The van der Waals surface area contributed by atoms with Gasteiger partial charge < -0.3 is 10.1 Å². The molecule has 0 bridgehead atoms. The van der Waals surface area contributed by atoms with Crippen molar-refractivity contribution < 1.29 is 4.74 Å². The monoisotopic (exact) mass is 247 g/mol. The Balaban J connectivity index is 2.03. The lowest BCUT2D eigenvalue weighted by molar-refractivity contribution is 0.266. The van der Waals surface area contributed by atoms with Crippen LogP contribution in [0.15, 0.2) is 24.3 Å². The topological polar surface area (TPSA) is 21.3 Å². The van der Waals surface area contributed by atoms with Crippen molar-refractivity contribution in [3.8, 4) is 5.75 Å². The number of para-hydroxylation sites is 1. The number of hydrogen-bond acceptors (Lipinski definition) is 2. The van der Waals surface area contributed by atoms with Crippen LogP contribution in [0.2, 0.25) is 0 Å². The molecule has 2 unspecified atom stereocenters. The lowest BCUT2D eigenvalue weighted by Gasteiger charge is -2.30. The maximum atomic E-state index is 5.84. The maximum Gasteiger partial charge on any atom is 0.122 e. The molecule has 2 rings (SSSR count). The highest BCUT2D eigenvalue weighted by atomic mass is 16.5. The van der Waals surface area contributed by atoms with Gasteiger partial charge in [0.1, 0.15) is 5.75 Å². The zero-order chi connectivity index (χ0) is 12.8. The molecule has 18 heavy (non-hydrogen) atoms. The predicted octanol–water partition coefficient (Wildman–Crippen LogP) is 3.26. The number of piperidine rings is 1. The standard InChI is InChI=1S/C16H25NO/c1-3-10-18-16-7-5-4-6-14(16)11-15-12-17-9-8-13(15)2/h4-7,13,15,17H,3,8-12H2,1-2H3. The molecule has 100 valence electrons. The molecule has 1 aromatic rings. The third-order valence-electron chi connectivity index (χ3n) is 3.90. The summed E-state index contributed by atoms with van der Waals surface area (Å²) in [5.41, 5.74) is 1.37. The predicted molar refractivity (Wildman–Crippen MR) is 76.1 cm³/mol. The van der Waals surface area contributed by atoms with E-state index in [0.717, 1.165) is 43.6 Å². The first-order valence-corrected chi connectivity index (χ1v) is 7.22. The molecular weight excluding hydrogens is 222 g/mol. The average molecular weight is 247 g/mol. The lowest BCUT2D eigenvalue weighted by atomic mass is 9.83. The van der Waals surface area contributed by atoms with E-state index in [1.807, 2.05) is 0 Å². The van der Waals surface area contributed by atoms with Crippen LogP contribution >= 0.6 is 0 Å². The number of rotatable bonds is 5. The van der Waals surface area contributed by atoms with Gasteiger partial charge in [0.05, 0.1) is 6.61 Å². The first-order chi connectivity index (χ1) is 8.81. The highest BCUT2D eigenvalue weighted by Crippen LogP contribution is 2.27. The van der Waals surface area contributed by atoms with Crippen LogP contribution in [0, 0.1) is 11.8 Å². The minimum absolute atomic E-state index is 0.741. The van der Waals surface area contributed by atoms with Gasteiger partial charge in [0, 0.05) is 0 Å². The molecular formula is C16H25NO. The van der Waals surface area contributed by atoms with Crippen LogP contribution in [0.25, 0.3) is 0 Å². The molecule has 1 N–H and O–H groups in total. The second kappa shape index (κ2) is 6.79. The summed E-state index contributed by atoms with van der Waals surface area (Å²) >= 11 is 0. The van der Waals surface area contributed by atoms with Crippen molar-refractivity contribution in [3.05, 3.63) is 29.8 Å². The van der Waals surface area contributed by atoms with Crippen LogP contribution in [0.1, 0.15) is 32.3 Å². The second-order valence-electron chi connectivity index (χ2n) is 5.39. The summed E-state index contributed by atoms with van der Waals surface area (Å²) in [6.07, 6.45) is 3.49. The van der Waals surface area contributed by atoms with Crippen molar-refractivity contribution in [2.75, 3.05) is 19.7 Å². The van der Waals surface area contributed by atoms with Crippen LogP contribution in [-0.4, -0.2) is 19.7 Å². The summed E-state index contributed by atoms with van der Waals surface area (Å²) in [5.74, 6) is 2.63.